The highest BCUT2D eigenvalue weighted by Gasteiger charge is 1.98. The summed E-state index contributed by atoms with van der Waals surface area (Å²) in [6, 6.07) is 7.58. The Hall–Kier alpha value is -2.30. The lowest BCUT2D eigenvalue weighted by Gasteiger charge is -2.06. The third-order valence-corrected chi connectivity index (χ3v) is 2.44. The number of aromatic amines is 1. The minimum absolute atomic E-state index is 0.0661. The molecule has 0 radical (unpaired) electrons. The highest BCUT2D eigenvalue weighted by Crippen LogP contribution is 2.14. The molecular weight excluding hydrogens is 228 g/mol. The van der Waals surface area contributed by atoms with Crippen LogP contribution in [0.15, 0.2) is 30.5 Å². The van der Waals surface area contributed by atoms with E-state index in [1.165, 1.54) is 6.92 Å². The van der Waals surface area contributed by atoms with E-state index >= 15 is 0 Å². The van der Waals surface area contributed by atoms with Crippen molar-refractivity contribution >= 4 is 17.3 Å². The summed E-state index contributed by atoms with van der Waals surface area (Å²) < 4.78 is 0. The van der Waals surface area contributed by atoms with Crippen molar-refractivity contribution in [1.82, 2.24) is 9.97 Å². The number of carbonyl (C=O) groups is 1. The second kappa shape index (κ2) is 5.35. The molecule has 94 valence electrons. The van der Waals surface area contributed by atoms with Crippen molar-refractivity contribution in [2.24, 2.45) is 0 Å². The lowest BCUT2D eigenvalue weighted by Crippen LogP contribution is -2.05. The van der Waals surface area contributed by atoms with Crippen LogP contribution in [0.3, 0.4) is 0 Å². The summed E-state index contributed by atoms with van der Waals surface area (Å²) in [6.07, 6.45) is 1.81. The normalized spacial score (nSPS) is 10.1. The van der Waals surface area contributed by atoms with Gasteiger partial charge in [0.1, 0.15) is 5.82 Å². The second-order valence-electron chi connectivity index (χ2n) is 4.11. The van der Waals surface area contributed by atoms with Crippen molar-refractivity contribution in [3.8, 4) is 0 Å². The first-order valence-corrected chi connectivity index (χ1v) is 5.75. The summed E-state index contributed by atoms with van der Waals surface area (Å²) in [6.45, 7) is 4.11. The topological polar surface area (TPSA) is 69.8 Å². The van der Waals surface area contributed by atoms with Crippen LogP contribution in [0.25, 0.3) is 0 Å². The van der Waals surface area contributed by atoms with Crippen molar-refractivity contribution in [3.63, 3.8) is 0 Å². The van der Waals surface area contributed by atoms with Crippen molar-refractivity contribution in [2.45, 2.75) is 20.4 Å². The molecule has 0 aliphatic carbocycles. The van der Waals surface area contributed by atoms with Crippen LogP contribution in [-0.2, 0) is 11.3 Å². The molecule has 0 atom stereocenters. The standard InChI is InChI=1S/C13H16N4O/c1-9-14-7-13(16-9)8-15-11-3-5-12(6-4-11)17-10(2)18/h3-7,15H,8H2,1-2H3,(H,14,16)(H,17,18). The summed E-state index contributed by atoms with van der Waals surface area (Å²) in [4.78, 5) is 18.2. The van der Waals surface area contributed by atoms with Crippen LogP contribution >= 0.6 is 0 Å². The molecule has 1 heterocycles. The smallest absolute Gasteiger partial charge is 0.221 e. The fourth-order valence-corrected chi connectivity index (χ4v) is 1.63. The Labute approximate surface area is 106 Å². The molecule has 0 saturated carbocycles. The minimum atomic E-state index is -0.0661. The first kappa shape index (κ1) is 12.2. The highest BCUT2D eigenvalue weighted by atomic mass is 16.1. The number of nitrogens with zero attached hydrogens (tertiary/aromatic N) is 1. The monoisotopic (exact) mass is 244 g/mol. The third kappa shape index (κ3) is 3.35. The maximum atomic E-state index is 10.9. The Morgan fingerprint density at radius 1 is 1.28 bits per heavy atom. The van der Waals surface area contributed by atoms with E-state index in [1.807, 2.05) is 37.4 Å². The number of imidazole rings is 1. The predicted octanol–water partition coefficient (Wildman–Crippen LogP) is 2.29. The van der Waals surface area contributed by atoms with Crippen LogP contribution in [0, 0.1) is 6.92 Å². The second-order valence-corrected chi connectivity index (χ2v) is 4.11. The number of H-pyrrole nitrogens is 1. The minimum Gasteiger partial charge on any atom is -0.379 e. The molecule has 3 N–H and O–H groups in total. The van der Waals surface area contributed by atoms with Gasteiger partial charge in [0.15, 0.2) is 0 Å². The first-order valence-electron chi connectivity index (χ1n) is 5.75. The van der Waals surface area contributed by atoms with Crippen molar-refractivity contribution < 1.29 is 4.79 Å². The molecule has 1 aromatic carbocycles. The molecule has 5 heteroatoms. The fourth-order valence-electron chi connectivity index (χ4n) is 1.63. The third-order valence-electron chi connectivity index (χ3n) is 2.44. The molecule has 1 amide bonds. The van der Waals surface area contributed by atoms with Gasteiger partial charge in [-0.25, -0.2) is 4.98 Å². The van der Waals surface area contributed by atoms with E-state index in [0.717, 1.165) is 22.9 Å². The number of rotatable bonds is 4. The van der Waals surface area contributed by atoms with Gasteiger partial charge < -0.3 is 15.6 Å². The van der Waals surface area contributed by atoms with Crippen molar-refractivity contribution in [2.75, 3.05) is 10.6 Å². The molecule has 0 bridgehead atoms. The SMILES string of the molecule is CC(=O)Nc1ccc(NCc2cnc(C)[nH]2)cc1. The molecule has 2 rings (SSSR count). The number of hydrogen-bond acceptors (Lipinski definition) is 3. The number of aromatic nitrogens is 2. The highest BCUT2D eigenvalue weighted by molar-refractivity contribution is 5.88. The molecule has 18 heavy (non-hydrogen) atoms. The van der Waals surface area contributed by atoms with E-state index in [2.05, 4.69) is 20.6 Å². The zero-order valence-electron chi connectivity index (χ0n) is 10.4. The van der Waals surface area contributed by atoms with Crippen LogP contribution < -0.4 is 10.6 Å². The number of aryl methyl sites for hydroxylation is 1. The maximum absolute atomic E-state index is 10.9. The molecule has 0 fully saturated rings. The zero-order valence-corrected chi connectivity index (χ0v) is 10.4. The van der Waals surface area contributed by atoms with Gasteiger partial charge in [-0.3, -0.25) is 4.79 Å². The number of carbonyl (C=O) groups excluding carboxylic acids is 1. The summed E-state index contributed by atoms with van der Waals surface area (Å²) in [7, 11) is 0. The molecule has 0 spiro atoms. The quantitative estimate of drug-likeness (QED) is 0.772. The zero-order chi connectivity index (χ0) is 13.0. The molecule has 0 unspecified atom stereocenters. The van der Waals surface area contributed by atoms with Crippen LogP contribution in [0.1, 0.15) is 18.4 Å². The van der Waals surface area contributed by atoms with Crippen molar-refractivity contribution in [3.05, 3.63) is 42.0 Å². The Kier molecular flexibility index (Phi) is 3.62. The molecule has 0 aliphatic heterocycles. The summed E-state index contributed by atoms with van der Waals surface area (Å²) in [5, 5.41) is 6.00. The maximum Gasteiger partial charge on any atom is 0.221 e. The van der Waals surface area contributed by atoms with E-state index in [0.29, 0.717) is 6.54 Å². The summed E-state index contributed by atoms with van der Waals surface area (Å²) in [5.74, 6) is 0.844. The van der Waals surface area contributed by atoms with Crippen LogP contribution in [0.4, 0.5) is 11.4 Å². The van der Waals surface area contributed by atoms with Gasteiger partial charge in [-0.2, -0.15) is 0 Å². The van der Waals surface area contributed by atoms with E-state index < -0.39 is 0 Å². The van der Waals surface area contributed by atoms with Gasteiger partial charge in [0.05, 0.1) is 18.4 Å². The Morgan fingerprint density at radius 2 is 1.94 bits per heavy atom. The molecule has 5 nitrogen and oxygen atoms in total. The van der Waals surface area contributed by atoms with Crippen LogP contribution in [-0.4, -0.2) is 15.9 Å². The number of hydrogen-bond donors (Lipinski definition) is 3. The van der Waals surface area contributed by atoms with Gasteiger partial charge in [0, 0.05) is 18.3 Å². The van der Waals surface area contributed by atoms with Gasteiger partial charge in [-0.1, -0.05) is 0 Å². The van der Waals surface area contributed by atoms with Gasteiger partial charge >= 0.3 is 0 Å². The van der Waals surface area contributed by atoms with Gasteiger partial charge in [0.25, 0.3) is 0 Å². The van der Waals surface area contributed by atoms with Gasteiger partial charge in [-0.05, 0) is 31.2 Å². The van der Waals surface area contributed by atoms with E-state index in [1.54, 1.807) is 0 Å². The first-order chi connectivity index (χ1) is 8.63. The number of nitrogens with one attached hydrogen (secondary N) is 3. The Balaban J connectivity index is 1.92. The molecular formula is C13H16N4O. The Bertz CT molecular complexity index is 530. The summed E-state index contributed by atoms with van der Waals surface area (Å²) in [5.41, 5.74) is 2.83. The largest absolute Gasteiger partial charge is 0.379 e. The number of anilines is 2. The lowest BCUT2D eigenvalue weighted by atomic mass is 10.2. The average Bonchev–Trinajstić information content (AvgIpc) is 2.74. The summed E-state index contributed by atoms with van der Waals surface area (Å²) >= 11 is 0. The number of amides is 1. The molecule has 0 saturated heterocycles. The average molecular weight is 244 g/mol. The van der Waals surface area contributed by atoms with E-state index in [-0.39, 0.29) is 5.91 Å². The molecule has 1 aromatic heterocycles. The van der Waals surface area contributed by atoms with E-state index in [4.69, 9.17) is 0 Å². The van der Waals surface area contributed by atoms with Gasteiger partial charge in [0.2, 0.25) is 5.91 Å². The van der Waals surface area contributed by atoms with Crippen LogP contribution in [0.2, 0.25) is 0 Å². The predicted molar refractivity (Wildman–Crippen MR) is 71.4 cm³/mol. The number of benzene rings is 1. The van der Waals surface area contributed by atoms with E-state index in [9.17, 15) is 4.79 Å². The molecule has 2 aromatic rings. The van der Waals surface area contributed by atoms with Crippen LogP contribution in [0.5, 0.6) is 0 Å². The fraction of sp³-hybridized carbons (Fsp3) is 0.231. The lowest BCUT2D eigenvalue weighted by molar-refractivity contribution is -0.114. The van der Waals surface area contributed by atoms with Gasteiger partial charge in [-0.15, -0.1) is 0 Å². The molecule has 0 aliphatic rings. The Morgan fingerprint density at radius 3 is 2.50 bits per heavy atom. The van der Waals surface area contributed by atoms with Crippen molar-refractivity contribution in [1.29, 1.82) is 0 Å².